The number of allylic oxidation sites excluding steroid dienone is 1. The van der Waals surface area contributed by atoms with Gasteiger partial charge in [-0.25, -0.2) is 0 Å². The number of fused-ring (bicyclic) bond motifs is 1. The summed E-state index contributed by atoms with van der Waals surface area (Å²) in [6.45, 7) is 4.49. The predicted octanol–water partition coefficient (Wildman–Crippen LogP) is 5.42. The molecule has 1 unspecified atom stereocenters. The molecule has 0 aromatic heterocycles. The molecule has 0 fully saturated rings. The van der Waals surface area contributed by atoms with Gasteiger partial charge in [0.2, 0.25) is 0 Å². The first-order valence-electron chi connectivity index (χ1n) is 6.26. The number of hydrogen-bond donors (Lipinski definition) is 0. The van der Waals surface area contributed by atoms with E-state index in [2.05, 4.69) is 32.1 Å². The Morgan fingerprint density at radius 3 is 2.69 bits per heavy atom. The van der Waals surface area contributed by atoms with Gasteiger partial charge < -0.3 is 0 Å². The fourth-order valence-electron chi connectivity index (χ4n) is 2.69. The summed E-state index contributed by atoms with van der Waals surface area (Å²) in [7, 11) is 0. The minimum atomic E-state index is 0.577. The number of halogens is 1. The van der Waals surface area contributed by atoms with Crippen LogP contribution in [0.2, 0.25) is 5.02 Å². The van der Waals surface area contributed by atoms with E-state index >= 15 is 0 Å². The van der Waals surface area contributed by atoms with Gasteiger partial charge in [-0.2, -0.15) is 0 Å². The van der Waals surface area contributed by atoms with Crippen LogP contribution in [0.25, 0.3) is 6.08 Å². The summed E-state index contributed by atoms with van der Waals surface area (Å²) in [5.41, 5.74) is 4.29. The number of rotatable bonds is 4. The Morgan fingerprint density at radius 2 is 2.00 bits per heavy atom. The first kappa shape index (κ1) is 11.7. The van der Waals surface area contributed by atoms with E-state index in [1.807, 2.05) is 6.07 Å². The van der Waals surface area contributed by atoms with Crippen molar-refractivity contribution < 1.29 is 0 Å². The van der Waals surface area contributed by atoms with Crippen molar-refractivity contribution in [2.45, 2.75) is 45.4 Å². The van der Waals surface area contributed by atoms with Crippen molar-refractivity contribution in [3.8, 4) is 0 Å². The highest BCUT2D eigenvalue weighted by Gasteiger charge is 2.25. The lowest BCUT2D eigenvalue weighted by atomic mass is 9.89. The molecule has 1 aromatic rings. The molecule has 0 aliphatic heterocycles. The van der Waals surface area contributed by atoms with E-state index in [0.717, 1.165) is 5.02 Å². The molecule has 0 saturated carbocycles. The average molecular weight is 235 g/mol. The second kappa shape index (κ2) is 5.05. The Hall–Kier alpha value is -0.750. The zero-order chi connectivity index (χ0) is 11.5. The molecule has 1 aliphatic carbocycles. The van der Waals surface area contributed by atoms with Crippen molar-refractivity contribution in [2.24, 2.45) is 0 Å². The Kier molecular flexibility index (Phi) is 3.70. The summed E-state index contributed by atoms with van der Waals surface area (Å²) < 4.78 is 0. The summed E-state index contributed by atoms with van der Waals surface area (Å²) in [5.74, 6) is 0.577. The van der Waals surface area contributed by atoms with E-state index in [1.54, 1.807) is 5.57 Å². The van der Waals surface area contributed by atoms with Crippen molar-refractivity contribution in [3.63, 3.8) is 0 Å². The maximum absolute atomic E-state index is 6.33. The summed E-state index contributed by atoms with van der Waals surface area (Å²) in [6, 6.07) is 6.26. The molecule has 0 nitrogen and oxygen atoms in total. The quantitative estimate of drug-likeness (QED) is 0.653. The molecular formula is C15H19Cl. The van der Waals surface area contributed by atoms with Crippen molar-refractivity contribution >= 4 is 17.7 Å². The lowest BCUT2D eigenvalue weighted by molar-refractivity contribution is 0.667. The van der Waals surface area contributed by atoms with Gasteiger partial charge in [0, 0.05) is 10.9 Å². The van der Waals surface area contributed by atoms with E-state index in [4.69, 9.17) is 11.6 Å². The van der Waals surface area contributed by atoms with Crippen LogP contribution in [0.4, 0.5) is 0 Å². The van der Waals surface area contributed by atoms with E-state index < -0.39 is 0 Å². The van der Waals surface area contributed by atoms with Crippen LogP contribution < -0.4 is 0 Å². The summed E-state index contributed by atoms with van der Waals surface area (Å²) in [4.78, 5) is 0. The minimum absolute atomic E-state index is 0.577. The molecule has 0 spiro atoms. The largest absolute Gasteiger partial charge is 0.0840 e. The zero-order valence-corrected chi connectivity index (χ0v) is 10.8. The van der Waals surface area contributed by atoms with Gasteiger partial charge in [-0.1, -0.05) is 62.1 Å². The third-order valence-electron chi connectivity index (χ3n) is 3.34. The lowest BCUT2D eigenvalue weighted by Crippen LogP contribution is -1.99. The zero-order valence-electron chi connectivity index (χ0n) is 10.1. The maximum Gasteiger partial charge on any atom is 0.0450 e. The van der Waals surface area contributed by atoms with E-state index in [9.17, 15) is 0 Å². The van der Waals surface area contributed by atoms with Crippen molar-refractivity contribution in [2.75, 3.05) is 0 Å². The maximum atomic E-state index is 6.33. The minimum Gasteiger partial charge on any atom is -0.0840 e. The van der Waals surface area contributed by atoms with Crippen molar-refractivity contribution in [1.82, 2.24) is 0 Å². The van der Waals surface area contributed by atoms with Gasteiger partial charge in [-0.05, 0) is 30.0 Å². The molecule has 2 rings (SSSR count). The van der Waals surface area contributed by atoms with Crippen LogP contribution >= 0.6 is 11.6 Å². The highest BCUT2D eigenvalue weighted by atomic mass is 35.5. The second-order valence-corrected chi connectivity index (χ2v) is 4.96. The topological polar surface area (TPSA) is 0 Å². The molecule has 1 aromatic carbocycles. The van der Waals surface area contributed by atoms with Gasteiger partial charge in [0.15, 0.2) is 0 Å². The van der Waals surface area contributed by atoms with E-state index in [-0.39, 0.29) is 0 Å². The first-order valence-corrected chi connectivity index (χ1v) is 6.64. The highest BCUT2D eigenvalue weighted by molar-refractivity contribution is 6.31. The third kappa shape index (κ3) is 2.04. The molecule has 1 heteroatoms. The molecule has 0 radical (unpaired) electrons. The van der Waals surface area contributed by atoms with Crippen LogP contribution in [0.5, 0.6) is 0 Å². The number of hydrogen-bond acceptors (Lipinski definition) is 0. The molecule has 1 atom stereocenters. The fourth-order valence-corrected chi connectivity index (χ4v) is 3.00. The Labute approximate surface area is 103 Å². The molecule has 16 heavy (non-hydrogen) atoms. The van der Waals surface area contributed by atoms with Gasteiger partial charge in [0.25, 0.3) is 0 Å². The Balaban J connectivity index is 2.37. The monoisotopic (exact) mass is 234 g/mol. The molecular weight excluding hydrogens is 216 g/mol. The van der Waals surface area contributed by atoms with E-state index in [0.29, 0.717) is 5.92 Å². The third-order valence-corrected chi connectivity index (χ3v) is 3.67. The highest BCUT2D eigenvalue weighted by Crippen LogP contribution is 2.44. The number of benzene rings is 1. The standard InChI is InChI=1S/C15H19Cl/c1-3-6-11-10-12-8-5-9-14(16)15(12)13(11)7-4-2/h5,8-10,13H,3-4,6-7H2,1-2H3. The first-order chi connectivity index (χ1) is 7.77. The molecule has 0 saturated heterocycles. The molecule has 1 aliphatic rings. The molecule has 0 bridgehead atoms. The SMILES string of the molecule is CCCC1=Cc2cccc(Cl)c2C1CCC. The van der Waals surface area contributed by atoms with Crippen LogP contribution in [0.3, 0.4) is 0 Å². The van der Waals surface area contributed by atoms with Crippen molar-refractivity contribution in [3.05, 3.63) is 39.9 Å². The molecule has 0 heterocycles. The van der Waals surface area contributed by atoms with Crippen LogP contribution in [-0.2, 0) is 0 Å². The van der Waals surface area contributed by atoms with Gasteiger partial charge in [-0.3, -0.25) is 0 Å². The predicted molar refractivity (Wildman–Crippen MR) is 72.0 cm³/mol. The fraction of sp³-hybridized carbons (Fsp3) is 0.467. The van der Waals surface area contributed by atoms with Gasteiger partial charge >= 0.3 is 0 Å². The molecule has 0 amide bonds. The summed E-state index contributed by atoms with van der Waals surface area (Å²) in [5, 5.41) is 0.943. The van der Waals surface area contributed by atoms with Crippen LogP contribution in [0.15, 0.2) is 23.8 Å². The molecule has 86 valence electrons. The average Bonchev–Trinajstić information content (AvgIpc) is 2.59. The van der Waals surface area contributed by atoms with Gasteiger partial charge in [0.1, 0.15) is 0 Å². The van der Waals surface area contributed by atoms with Crippen LogP contribution in [-0.4, -0.2) is 0 Å². The summed E-state index contributed by atoms with van der Waals surface area (Å²) in [6.07, 6.45) is 7.22. The Morgan fingerprint density at radius 1 is 1.19 bits per heavy atom. The second-order valence-electron chi connectivity index (χ2n) is 4.55. The summed E-state index contributed by atoms with van der Waals surface area (Å²) >= 11 is 6.33. The van der Waals surface area contributed by atoms with Crippen LogP contribution in [0, 0.1) is 0 Å². The van der Waals surface area contributed by atoms with E-state index in [1.165, 1.54) is 36.8 Å². The van der Waals surface area contributed by atoms with Gasteiger partial charge in [-0.15, -0.1) is 0 Å². The van der Waals surface area contributed by atoms with Crippen LogP contribution in [0.1, 0.15) is 56.6 Å². The van der Waals surface area contributed by atoms with Gasteiger partial charge in [0.05, 0.1) is 0 Å². The normalized spacial score (nSPS) is 18.4. The Bertz CT molecular complexity index is 404. The lowest BCUT2D eigenvalue weighted by Gasteiger charge is -2.16. The molecule has 0 N–H and O–H groups in total. The smallest absolute Gasteiger partial charge is 0.0450 e. The van der Waals surface area contributed by atoms with Crippen molar-refractivity contribution in [1.29, 1.82) is 0 Å².